The molecule has 0 N–H and O–H groups in total. The largest absolute Gasteiger partial charge is 0.308 e. The van der Waals surface area contributed by atoms with Gasteiger partial charge in [-0.2, -0.15) is 0 Å². The van der Waals surface area contributed by atoms with Gasteiger partial charge in [0, 0.05) is 18.0 Å². The van der Waals surface area contributed by atoms with Gasteiger partial charge in [-0.25, -0.2) is 4.98 Å². The molecule has 0 radical (unpaired) electrons. The maximum Gasteiger partial charge on any atom is 0.261 e. The van der Waals surface area contributed by atoms with Gasteiger partial charge in [-0.15, -0.1) is 11.8 Å². The van der Waals surface area contributed by atoms with Crippen LogP contribution < -0.4 is 4.90 Å². The molecule has 0 unspecified atom stereocenters. The number of benzene rings is 2. The van der Waals surface area contributed by atoms with Crippen molar-refractivity contribution < 1.29 is 4.79 Å². The standard InChI is InChI=1S/C19H21N3OS2/c1-21(2)12-13-22(18(23)14-8-4-6-10-16(14)24-3)19-20-15-9-5-7-11-17(15)25-19/h4-11H,12-13H2,1-3H3. The molecule has 25 heavy (non-hydrogen) atoms. The number of rotatable bonds is 6. The lowest BCUT2D eigenvalue weighted by Crippen LogP contribution is -2.37. The minimum absolute atomic E-state index is 0.00542. The van der Waals surface area contributed by atoms with E-state index in [4.69, 9.17) is 4.98 Å². The van der Waals surface area contributed by atoms with Crippen LogP contribution in [0.3, 0.4) is 0 Å². The summed E-state index contributed by atoms with van der Waals surface area (Å²) in [5.74, 6) is 0.00542. The van der Waals surface area contributed by atoms with Gasteiger partial charge in [-0.05, 0) is 44.6 Å². The number of thiazole rings is 1. The first kappa shape index (κ1) is 17.9. The average Bonchev–Trinajstić information content (AvgIpc) is 3.05. The Morgan fingerprint density at radius 3 is 2.52 bits per heavy atom. The number of amides is 1. The van der Waals surface area contributed by atoms with Crippen LogP contribution in [0.1, 0.15) is 10.4 Å². The molecule has 0 aliphatic carbocycles. The Hall–Kier alpha value is -1.89. The molecule has 3 rings (SSSR count). The Morgan fingerprint density at radius 2 is 1.80 bits per heavy atom. The molecule has 0 spiro atoms. The third-order valence-electron chi connectivity index (χ3n) is 3.87. The maximum absolute atomic E-state index is 13.3. The highest BCUT2D eigenvalue weighted by Crippen LogP contribution is 2.31. The fourth-order valence-corrected chi connectivity index (χ4v) is 4.11. The molecule has 3 aromatic rings. The monoisotopic (exact) mass is 371 g/mol. The quantitative estimate of drug-likeness (QED) is 0.608. The summed E-state index contributed by atoms with van der Waals surface area (Å²) in [6.45, 7) is 1.39. The van der Waals surface area contributed by atoms with Crippen molar-refractivity contribution in [3.05, 3.63) is 54.1 Å². The van der Waals surface area contributed by atoms with Gasteiger partial charge in [0.2, 0.25) is 0 Å². The van der Waals surface area contributed by atoms with Crippen LogP contribution in [-0.2, 0) is 0 Å². The zero-order valence-corrected chi connectivity index (χ0v) is 16.2. The van der Waals surface area contributed by atoms with Crippen LogP contribution in [0.2, 0.25) is 0 Å². The molecule has 0 aliphatic rings. The molecule has 0 aliphatic heterocycles. The molecule has 1 amide bonds. The van der Waals surface area contributed by atoms with E-state index < -0.39 is 0 Å². The summed E-state index contributed by atoms with van der Waals surface area (Å²) in [5.41, 5.74) is 1.66. The second kappa shape index (κ2) is 7.99. The SMILES string of the molecule is CSc1ccccc1C(=O)N(CCN(C)C)c1nc2ccccc2s1. The van der Waals surface area contributed by atoms with Crippen molar-refractivity contribution >= 4 is 44.4 Å². The molecule has 4 nitrogen and oxygen atoms in total. The predicted octanol–water partition coefficient (Wildman–Crippen LogP) is 4.23. The van der Waals surface area contributed by atoms with Gasteiger partial charge in [-0.1, -0.05) is 35.6 Å². The van der Waals surface area contributed by atoms with Gasteiger partial charge < -0.3 is 4.90 Å². The normalized spacial score (nSPS) is 11.2. The van der Waals surface area contributed by atoms with E-state index in [1.165, 1.54) is 0 Å². The average molecular weight is 372 g/mol. The molecule has 1 heterocycles. The van der Waals surface area contributed by atoms with E-state index in [0.29, 0.717) is 6.54 Å². The predicted molar refractivity (Wildman–Crippen MR) is 108 cm³/mol. The summed E-state index contributed by atoms with van der Waals surface area (Å²) in [7, 11) is 4.02. The van der Waals surface area contributed by atoms with Crippen molar-refractivity contribution in [2.45, 2.75) is 4.90 Å². The van der Waals surface area contributed by atoms with Gasteiger partial charge in [-0.3, -0.25) is 9.69 Å². The van der Waals surface area contributed by atoms with Crippen molar-refractivity contribution in [3.8, 4) is 0 Å². The van der Waals surface area contributed by atoms with Crippen molar-refractivity contribution in [1.82, 2.24) is 9.88 Å². The van der Waals surface area contributed by atoms with Crippen molar-refractivity contribution in [3.63, 3.8) is 0 Å². The van der Waals surface area contributed by atoms with E-state index in [1.54, 1.807) is 28.0 Å². The fraction of sp³-hybridized carbons (Fsp3) is 0.263. The zero-order valence-electron chi connectivity index (χ0n) is 14.6. The summed E-state index contributed by atoms with van der Waals surface area (Å²) in [4.78, 5) is 22.8. The second-order valence-electron chi connectivity index (χ2n) is 5.92. The van der Waals surface area contributed by atoms with E-state index in [2.05, 4.69) is 4.90 Å². The van der Waals surface area contributed by atoms with Gasteiger partial charge >= 0.3 is 0 Å². The number of hydrogen-bond acceptors (Lipinski definition) is 5. The van der Waals surface area contributed by atoms with Crippen molar-refractivity contribution in [2.75, 3.05) is 38.3 Å². The number of carbonyl (C=O) groups excluding carboxylic acids is 1. The van der Waals surface area contributed by atoms with Crippen LogP contribution in [0.25, 0.3) is 10.2 Å². The molecule has 130 valence electrons. The maximum atomic E-state index is 13.3. The number of para-hydroxylation sites is 1. The van der Waals surface area contributed by atoms with E-state index in [1.807, 2.05) is 68.9 Å². The topological polar surface area (TPSA) is 36.4 Å². The number of nitrogens with zero attached hydrogens (tertiary/aromatic N) is 3. The van der Waals surface area contributed by atoms with Crippen LogP contribution in [0.15, 0.2) is 53.4 Å². The van der Waals surface area contributed by atoms with Gasteiger partial charge in [0.25, 0.3) is 5.91 Å². The number of likely N-dealkylation sites (N-methyl/N-ethyl adjacent to an activating group) is 1. The number of aromatic nitrogens is 1. The first-order valence-electron chi connectivity index (χ1n) is 8.05. The Morgan fingerprint density at radius 1 is 1.08 bits per heavy atom. The number of anilines is 1. The summed E-state index contributed by atoms with van der Waals surface area (Å²) < 4.78 is 1.10. The van der Waals surface area contributed by atoms with Crippen LogP contribution in [0.4, 0.5) is 5.13 Å². The zero-order chi connectivity index (χ0) is 17.8. The number of thioether (sulfide) groups is 1. The minimum Gasteiger partial charge on any atom is -0.308 e. The summed E-state index contributed by atoms with van der Waals surface area (Å²) in [5, 5.41) is 0.754. The van der Waals surface area contributed by atoms with Crippen LogP contribution in [0.5, 0.6) is 0 Å². The molecule has 0 saturated carbocycles. The summed E-state index contributed by atoms with van der Waals surface area (Å²) >= 11 is 3.15. The fourth-order valence-electron chi connectivity index (χ4n) is 2.53. The first-order valence-corrected chi connectivity index (χ1v) is 10.1. The minimum atomic E-state index is 0.00542. The lowest BCUT2D eigenvalue weighted by Gasteiger charge is -2.22. The van der Waals surface area contributed by atoms with E-state index in [0.717, 1.165) is 32.4 Å². The highest BCUT2D eigenvalue weighted by atomic mass is 32.2. The van der Waals surface area contributed by atoms with Gasteiger partial charge in [0.1, 0.15) is 0 Å². The van der Waals surface area contributed by atoms with E-state index >= 15 is 0 Å². The van der Waals surface area contributed by atoms with Crippen LogP contribution in [-0.4, -0.2) is 49.2 Å². The van der Waals surface area contributed by atoms with Gasteiger partial charge in [0.05, 0.1) is 15.8 Å². The third kappa shape index (κ3) is 4.03. The molecule has 0 bridgehead atoms. The Bertz CT molecular complexity index is 843. The lowest BCUT2D eigenvalue weighted by atomic mass is 10.2. The molecule has 0 atom stereocenters. The summed E-state index contributed by atoms with van der Waals surface area (Å²) in [6, 6.07) is 15.8. The Balaban J connectivity index is 2.00. The smallest absolute Gasteiger partial charge is 0.261 e. The van der Waals surface area contributed by atoms with Gasteiger partial charge in [0.15, 0.2) is 5.13 Å². The molecule has 1 aromatic heterocycles. The highest BCUT2D eigenvalue weighted by molar-refractivity contribution is 7.98. The molecule has 2 aromatic carbocycles. The summed E-state index contributed by atoms with van der Waals surface area (Å²) in [6.07, 6.45) is 1.99. The molecular weight excluding hydrogens is 350 g/mol. The molecule has 0 fully saturated rings. The second-order valence-corrected chi connectivity index (χ2v) is 7.78. The van der Waals surface area contributed by atoms with Crippen molar-refractivity contribution in [1.29, 1.82) is 0 Å². The number of carbonyl (C=O) groups is 1. The van der Waals surface area contributed by atoms with Crippen molar-refractivity contribution in [2.24, 2.45) is 0 Å². The van der Waals surface area contributed by atoms with E-state index in [-0.39, 0.29) is 5.91 Å². The number of fused-ring (bicyclic) bond motifs is 1. The number of hydrogen-bond donors (Lipinski definition) is 0. The Labute approximate surface area is 156 Å². The first-order chi connectivity index (χ1) is 12.1. The van der Waals surface area contributed by atoms with Crippen LogP contribution in [0, 0.1) is 0 Å². The third-order valence-corrected chi connectivity index (χ3v) is 5.72. The molecule has 0 saturated heterocycles. The lowest BCUT2D eigenvalue weighted by molar-refractivity contribution is 0.0982. The highest BCUT2D eigenvalue weighted by Gasteiger charge is 2.23. The Kier molecular flexibility index (Phi) is 5.73. The van der Waals surface area contributed by atoms with E-state index in [9.17, 15) is 4.79 Å². The molecular formula is C19H21N3OS2. The van der Waals surface area contributed by atoms with Crippen LogP contribution >= 0.6 is 23.1 Å². The molecule has 6 heteroatoms.